The third kappa shape index (κ3) is 5.04. The number of rotatable bonds is 6. The zero-order chi connectivity index (χ0) is 10.5. The average Bonchev–Trinajstić information content (AvgIpc) is 2.02. The Hall–Kier alpha value is -0.370. The van der Waals surface area contributed by atoms with Gasteiger partial charge >= 0.3 is 0 Å². The van der Waals surface area contributed by atoms with Gasteiger partial charge in [-0.2, -0.15) is 0 Å². The first-order chi connectivity index (χ1) is 5.93. The van der Waals surface area contributed by atoms with Gasteiger partial charge in [0.1, 0.15) is 6.29 Å². The predicted octanol–water partition coefficient (Wildman–Crippen LogP) is 2.19. The van der Waals surface area contributed by atoms with Crippen LogP contribution in [0.25, 0.3) is 0 Å². The molecule has 2 heteroatoms. The van der Waals surface area contributed by atoms with Gasteiger partial charge in [-0.25, -0.2) is 0 Å². The molecule has 0 aliphatic heterocycles. The van der Waals surface area contributed by atoms with Crippen LogP contribution >= 0.6 is 0 Å². The van der Waals surface area contributed by atoms with Crippen LogP contribution < -0.4 is 0 Å². The second-order valence-electron chi connectivity index (χ2n) is 4.72. The van der Waals surface area contributed by atoms with Crippen molar-refractivity contribution in [2.75, 3.05) is 20.1 Å². The molecule has 0 aromatic rings. The smallest absolute Gasteiger partial charge is 0.127 e. The Bertz CT molecular complexity index is 156. The molecule has 0 bridgehead atoms. The van der Waals surface area contributed by atoms with Crippen LogP contribution in [0.2, 0.25) is 0 Å². The molecule has 0 saturated heterocycles. The molecule has 1 unspecified atom stereocenters. The third-order valence-corrected chi connectivity index (χ3v) is 2.40. The molecular weight excluding hydrogens is 162 g/mol. The standard InChI is InChI=1S/C11H23NO/c1-6-11(4,9-13)8-12(5)7-10(2)3/h9-10H,6-8H2,1-5H3. The Morgan fingerprint density at radius 3 is 2.31 bits per heavy atom. The number of nitrogens with zero attached hydrogens (tertiary/aromatic N) is 1. The van der Waals surface area contributed by atoms with Crippen LogP contribution in [0.15, 0.2) is 0 Å². The normalized spacial score (nSPS) is 16.2. The van der Waals surface area contributed by atoms with Crippen molar-refractivity contribution in [3.63, 3.8) is 0 Å². The van der Waals surface area contributed by atoms with E-state index in [1.54, 1.807) is 0 Å². The Balaban J connectivity index is 4.01. The third-order valence-electron chi connectivity index (χ3n) is 2.40. The van der Waals surface area contributed by atoms with Crippen molar-refractivity contribution in [1.29, 1.82) is 0 Å². The van der Waals surface area contributed by atoms with Gasteiger partial charge in [0.2, 0.25) is 0 Å². The fraction of sp³-hybridized carbons (Fsp3) is 0.909. The highest BCUT2D eigenvalue weighted by molar-refractivity contribution is 5.58. The molecule has 0 aliphatic rings. The van der Waals surface area contributed by atoms with Crippen LogP contribution in [0.4, 0.5) is 0 Å². The minimum absolute atomic E-state index is 0.163. The van der Waals surface area contributed by atoms with Gasteiger partial charge in [-0.05, 0) is 19.4 Å². The van der Waals surface area contributed by atoms with Gasteiger partial charge in [-0.1, -0.05) is 27.7 Å². The molecule has 0 amide bonds. The maximum Gasteiger partial charge on any atom is 0.127 e. The molecule has 78 valence electrons. The van der Waals surface area contributed by atoms with Crippen molar-refractivity contribution < 1.29 is 4.79 Å². The number of carbonyl (C=O) groups is 1. The van der Waals surface area contributed by atoms with E-state index in [9.17, 15) is 4.79 Å². The zero-order valence-electron chi connectivity index (χ0n) is 9.63. The molecule has 0 aromatic carbocycles. The van der Waals surface area contributed by atoms with Crippen LogP contribution in [0.1, 0.15) is 34.1 Å². The van der Waals surface area contributed by atoms with E-state index in [4.69, 9.17) is 0 Å². The molecule has 0 aliphatic carbocycles. The maximum absolute atomic E-state index is 10.9. The van der Waals surface area contributed by atoms with Crippen molar-refractivity contribution in [3.8, 4) is 0 Å². The first kappa shape index (κ1) is 12.6. The first-order valence-electron chi connectivity index (χ1n) is 5.08. The summed E-state index contributed by atoms with van der Waals surface area (Å²) in [5.74, 6) is 0.665. The summed E-state index contributed by atoms with van der Waals surface area (Å²) in [4.78, 5) is 13.1. The molecule has 0 spiro atoms. The molecule has 0 saturated carbocycles. The van der Waals surface area contributed by atoms with Crippen LogP contribution in [-0.4, -0.2) is 31.3 Å². The lowest BCUT2D eigenvalue weighted by atomic mass is 9.89. The van der Waals surface area contributed by atoms with Gasteiger partial charge < -0.3 is 9.69 Å². The summed E-state index contributed by atoms with van der Waals surface area (Å²) in [6.45, 7) is 10.4. The van der Waals surface area contributed by atoms with E-state index in [1.807, 2.05) is 6.92 Å². The van der Waals surface area contributed by atoms with Crippen LogP contribution in [-0.2, 0) is 4.79 Å². The Morgan fingerprint density at radius 1 is 1.46 bits per heavy atom. The molecule has 1 atom stereocenters. The minimum atomic E-state index is -0.163. The lowest BCUT2D eigenvalue weighted by Crippen LogP contribution is -2.36. The van der Waals surface area contributed by atoms with Crippen molar-refractivity contribution in [2.45, 2.75) is 34.1 Å². The van der Waals surface area contributed by atoms with Crippen molar-refractivity contribution >= 4 is 6.29 Å². The Kier molecular flexibility index (Phi) is 5.23. The summed E-state index contributed by atoms with van der Waals surface area (Å²) in [5, 5.41) is 0. The highest BCUT2D eigenvalue weighted by Crippen LogP contribution is 2.18. The molecule has 0 radical (unpaired) electrons. The molecule has 0 rings (SSSR count). The van der Waals surface area contributed by atoms with Gasteiger partial charge in [-0.3, -0.25) is 0 Å². The van der Waals surface area contributed by atoms with Crippen LogP contribution in [0, 0.1) is 11.3 Å². The summed E-state index contributed by atoms with van der Waals surface area (Å²) in [5.41, 5.74) is -0.163. The Morgan fingerprint density at radius 2 is 2.00 bits per heavy atom. The lowest BCUT2D eigenvalue weighted by molar-refractivity contribution is -0.116. The SMILES string of the molecule is CCC(C)(C=O)CN(C)CC(C)C. The molecule has 0 fully saturated rings. The van der Waals surface area contributed by atoms with Crippen molar-refractivity contribution in [2.24, 2.45) is 11.3 Å². The predicted molar refractivity (Wildman–Crippen MR) is 56.8 cm³/mol. The van der Waals surface area contributed by atoms with Gasteiger partial charge in [0.05, 0.1) is 0 Å². The van der Waals surface area contributed by atoms with E-state index in [1.165, 1.54) is 0 Å². The minimum Gasteiger partial charge on any atom is -0.305 e. The van der Waals surface area contributed by atoms with E-state index in [2.05, 4.69) is 32.7 Å². The summed E-state index contributed by atoms with van der Waals surface area (Å²) < 4.78 is 0. The highest BCUT2D eigenvalue weighted by Gasteiger charge is 2.23. The second-order valence-corrected chi connectivity index (χ2v) is 4.72. The molecule has 13 heavy (non-hydrogen) atoms. The number of carbonyl (C=O) groups excluding carboxylic acids is 1. The quantitative estimate of drug-likeness (QED) is 0.591. The zero-order valence-corrected chi connectivity index (χ0v) is 9.63. The van der Waals surface area contributed by atoms with Crippen molar-refractivity contribution in [1.82, 2.24) is 4.90 Å². The molecule has 0 N–H and O–H groups in total. The monoisotopic (exact) mass is 185 g/mol. The van der Waals surface area contributed by atoms with E-state index < -0.39 is 0 Å². The van der Waals surface area contributed by atoms with Gasteiger partial charge in [0.25, 0.3) is 0 Å². The van der Waals surface area contributed by atoms with E-state index in [-0.39, 0.29) is 5.41 Å². The molecule has 2 nitrogen and oxygen atoms in total. The molecule has 0 heterocycles. The lowest BCUT2D eigenvalue weighted by Gasteiger charge is -2.28. The molecular formula is C11H23NO. The van der Waals surface area contributed by atoms with Crippen LogP contribution in [0.5, 0.6) is 0 Å². The largest absolute Gasteiger partial charge is 0.305 e. The van der Waals surface area contributed by atoms with Gasteiger partial charge in [0.15, 0.2) is 0 Å². The van der Waals surface area contributed by atoms with Crippen molar-refractivity contribution in [3.05, 3.63) is 0 Å². The van der Waals surface area contributed by atoms with E-state index >= 15 is 0 Å². The fourth-order valence-electron chi connectivity index (χ4n) is 1.54. The number of aldehydes is 1. The summed E-state index contributed by atoms with van der Waals surface area (Å²) in [6, 6.07) is 0. The van der Waals surface area contributed by atoms with E-state index in [0.717, 1.165) is 25.8 Å². The van der Waals surface area contributed by atoms with Crippen LogP contribution in [0.3, 0.4) is 0 Å². The Labute approximate surface area is 82.3 Å². The van der Waals surface area contributed by atoms with Gasteiger partial charge in [0, 0.05) is 18.5 Å². The number of hydrogen-bond donors (Lipinski definition) is 0. The molecule has 0 aromatic heterocycles. The fourth-order valence-corrected chi connectivity index (χ4v) is 1.54. The average molecular weight is 185 g/mol. The van der Waals surface area contributed by atoms with E-state index in [0.29, 0.717) is 5.92 Å². The summed E-state index contributed by atoms with van der Waals surface area (Å²) in [7, 11) is 2.08. The first-order valence-corrected chi connectivity index (χ1v) is 5.08. The summed E-state index contributed by atoms with van der Waals surface area (Å²) >= 11 is 0. The second kappa shape index (κ2) is 5.38. The number of hydrogen-bond acceptors (Lipinski definition) is 2. The topological polar surface area (TPSA) is 20.3 Å². The highest BCUT2D eigenvalue weighted by atomic mass is 16.1. The van der Waals surface area contributed by atoms with Gasteiger partial charge in [-0.15, -0.1) is 0 Å². The maximum atomic E-state index is 10.9. The summed E-state index contributed by atoms with van der Waals surface area (Å²) in [6.07, 6.45) is 2.00.